The van der Waals surface area contributed by atoms with E-state index in [1.807, 2.05) is 0 Å². The van der Waals surface area contributed by atoms with Crippen molar-refractivity contribution >= 4 is 5.78 Å². The summed E-state index contributed by atoms with van der Waals surface area (Å²) in [4.78, 5) is 14.6. The highest BCUT2D eigenvalue weighted by Crippen LogP contribution is 2.79. The Hall–Kier alpha value is -0.450. The van der Waals surface area contributed by atoms with Gasteiger partial charge in [-0.2, -0.15) is 0 Å². The van der Waals surface area contributed by atoms with E-state index in [1.165, 1.54) is 19.3 Å². The number of aliphatic hydroxyl groups excluding tert-OH is 2. The van der Waals surface area contributed by atoms with Crippen molar-refractivity contribution in [3.63, 3.8) is 0 Å². The van der Waals surface area contributed by atoms with Crippen molar-refractivity contribution in [2.75, 3.05) is 13.2 Å². The molecule has 0 aromatic rings. The van der Waals surface area contributed by atoms with Gasteiger partial charge in [0.1, 0.15) is 5.60 Å². The average Bonchev–Trinajstić information content (AvgIpc) is 3.09. The SMILES string of the molecule is C[C@@H]1[C@H](C)CC[C@@]23CC[C@@]4(C)[C@@]5(C)CC[C@H]6[C@@](C)(CC[C@H](O)[C@]6(C)CO)[C@H]5CC(=O)[C@]4(OC2)[C@@H]13. The highest BCUT2D eigenvalue weighted by molar-refractivity contribution is 5.91. The molecular formula is C30H48O4. The lowest BCUT2D eigenvalue weighted by Gasteiger charge is -2.74. The molecule has 0 unspecified atom stereocenters. The van der Waals surface area contributed by atoms with Crippen LogP contribution in [0.3, 0.4) is 0 Å². The molecular weight excluding hydrogens is 424 g/mol. The van der Waals surface area contributed by atoms with Crippen LogP contribution >= 0.6 is 0 Å². The van der Waals surface area contributed by atoms with E-state index in [4.69, 9.17) is 4.74 Å². The highest BCUT2D eigenvalue weighted by Gasteiger charge is 2.81. The Bertz CT molecular complexity index is 902. The smallest absolute Gasteiger partial charge is 0.165 e. The molecule has 2 N–H and O–H groups in total. The van der Waals surface area contributed by atoms with Gasteiger partial charge in [0, 0.05) is 28.6 Å². The van der Waals surface area contributed by atoms with Crippen LogP contribution in [0, 0.1) is 56.7 Å². The van der Waals surface area contributed by atoms with Gasteiger partial charge in [-0.25, -0.2) is 0 Å². The second kappa shape index (κ2) is 6.90. The number of carbonyl (C=O) groups excluding carboxylic acids is 1. The third-order valence-electron chi connectivity index (χ3n) is 14.4. The monoisotopic (exact) mass is 472 g/mol. The number of hydrogen-bond donors (Lipinski definition) is 2. The molecule has 0 radical (unpaired) electrons. The molecule has 4 heteroatoms. The molecule has 6 fully saturated rings. The minimum absolute atomic E-state index is 0.0239. The Morgan fingerprint density at radius 1 is 0.941 bits per heavy atom. The Morgan fingerprint density at radius 3 is 2.38 bits per heavy atom. The maximum absolute atomic E-state index is 14.6. The first-order valence-electron chi connectivity index (χ1n) is 14.3. The van der Waals surface area contributed by atoms with Crippen LogP contribution in [0.25, 0.3) is 0 Å². The van der Waals surface area contributed by atoms with E-state index in [0.29, 0.717) is 30.0 Å². The van der Waals surface area contributed by atoms with Gasteiger partial charge in [0.25, 0.3) is 0 Å². The first-order valence-corrected chi connectivity index (χ1v) is 14.3. The molecule has 192 valence electrons. The predicted octanol–water partition coefficient (Wildman–Crippen LogP) is 5.39. The van der Waals surface area contributed by atoms with E-state index in [9.17, 15) is 15.0 Å². The van der Waals surface area contributed by atoms with E-state index in [2.05, 4.69) is 41.5 Å². The normalized spacial score (nSPS) is 62.9. The van der Waals surface area contributed by atoms with E-state index < -0.39 is 17.1 Å². The van der Waals surface area contributed by atoms with Crippen LogP contribution in [0.4, 0.5) is 0 Å². The fourth-order valence-electron chi connectivity index (χ4n) is 12.0. The molecule has 2 bridgehead atoms. The number of aliphatic hydroxyl groups is 2. The Balaban J connectivity index is 1.48. The highest BCUT2D eigenvalue weighted by atomic mass is 16.5. The molecule has 0 amide bonds. The van der Waals surface area contributed by atoms with Crippen LogP contribution in [-0.2, 0) is 9.53 Å². The molecule has 0 aromatic heterocycles. The lowest BCUT2D eigenvalue weighted by atomic mass is 9.30. The van der Waals surface area contributed by atoms with Gasteiger partial charge in [-0.15, -0.1) is 0 Å². The standard InChI is InChI=1S/C30H48O4/c1-18-7-12-29-14-13-28(6)27(5)11-8-20-25(3,10-9-22(32)26(20,4)16-31)21(27)15-23(33)30(28,34-17-29)24(29)19(18)2/h18-22,24,31-32H,7-17H2,1-6H3/t18-,19-,20+,21-,22+,24+,25-,26-,27+,28+,29-,30+/m1/s1. The van der Waals surface area contributed by atoms with Gasteiger partial charge in [-0.3, -0.25) is 4.79 Å². The number of hydrogen-bond acceptors (Lipinski definition) is 4. The maximum Gasteiger partial charge on any atom is 0.165 e. The lowest BCUT2D eigenvalue weighted by molar-refractivity contribution is -0.276. The number of rotatable bonds is 1. The van der Waals surface area contributed by atoms with Crippen LogP contribution in [0.1, 0.15) is 99.3 Å². The van der Waals surface area contributed by atoms with Crippen molar-refractivity contribution in [2.45, 2.75) is 111 Å². The minimum Gasteiger partial charge on any atom is -0.396 e. The van der Waals surface area contributed by atoms with Crippen molar-refractivity contribution in [3.8, 4) is 0 Å². The molecule has 12 atom stereocenters. The molecule has 6 rings (SSSR count). The summed E-state index contributed by atoms with van der Waals surface area (Å²) in [7, 11) is 0. The second-order valence-corrected chi connectivity index (χ2v) is 15.0. The predicted molar refractivity (Wildman–Crippen MR) is 132 cm³/mol. The summed E-state index contributed by atoms with van der Waals surface area (Å²) in [5.41, 5.74) is -1.07. The van der Waals surface area contributed by atoms with Crippen molar-refractivity contribution in [3.05, 3.63) is 0 Å². The Morgan fingerprint density at radius 2 is 1.68 bits per heavy atom. The first kappa shape index (κ1) is 23.9. The molecule has 6 aliphatic rings. The maximum atomic E-state index is 14.6. The molecule has 34 heavy (non-hydrogen) atoms. The van der Waals surface area contributed by atoms with Crippen LogP contribution in [-0.4, -0.2) is 40.9 Å². The zero-order chi connectivity index (χ0) is 24.5. The number of carbonyl (C=O) groups is 1. The quantitative estimate of drug-likeness (QED) is 0.537. The lowest BCUT2D eigenvalue weighted by Crippen LogP contribution is -2.75. The van der Waals surface area contributed by atoms with Gasteiger partial charge < -0.3 is 14.9 Å². The zero-order valence-corrected chi connectivity index (χ0v) is 22.5. The van der Waals surface area contributed by atoms with Gasteiger partial charge in [-0.05, 0) is 85.9 Å². The summed E-state index contributed by atoms with van der Waals surface area (Å²) < 4.78 is 6.97. The first-order chi connectivity index (χ1) is 15.9. The molecule has 1 saturated heterocycles. The van der Waals surface area contributed by atoms with Crippen molar-refractivity contribution < 1.29 is 19.7 Å². The van der Waals surface area contributed by atoms with E-state index >= 15 is 0 Å². The third-order valence-corrected chi connectivity index (χ3v) is 14.4. The molecule has 1 heterocycles. The van der Waals surface area contributed by atoms with Gasteiger partial charge >= 0.3 is 0 Å². The molecule has 0 aromatic carbocycles. The van der Waals surface area contributed by atoms with Gasteiger partial charge in [0.15, 0.2) is 5.78 Å². The summed E-state index contributed by atoms with van der Waals surface area (Å²) in [6, 6.07) is 0. The summed E-state index contributed by atoms with van der Waals surface area (Å²) in [6.45, 7) is 15.1. The molecule has 5 saturated carbocycles. The van der Waals surface area contributed by atoms with Crippen LogP contribution in [0.15, 0.2) is 0 Å². The molecule has 5 aliphatic carbocycles. The summed E-state index contributed by atoms with van der Waals surface area (Å²) in [5, 5.41) is 21.4. The third kappa shape index (κ3) is 2.32. The van der Waals surface area contributed by atoms with Crippen LogP contribution in [0.5, 0.6) is 0 Å². The summed E-state index contributed by atoms with van der Waals surface area (Å²) in [6.07, 6.45) is 8.72. The van der Waals surface area contributed by atoms with Gasteiger partial charge in [0.05, 0.1) is 19.3 Å². The minimum atomic E-state index is -0.623. The van der Waals surface area contributed by atoms with Crippen molar-refractivity contribution in [2.24, 2.45) is 56.7 Å². The number of Topliss-reactive ketones (excluding diaryl/α,β-unsaturated/α-hetero) is 1. The summed E-state index contributed by atoms with van der Waals surface area (Å²) in [5.74, 6) is 2.45. The Kier molecular flexibility index (Phi) is 4.85. The average molecular weight is 473 g/mol. The number of ketones is 1. The van der Waals surface area contributed by atoms with Crippen LogP contribution in [0.2, 0.25) is 0 Å². The number of ether oxygens (including phenoxy) is 1. The fourth-order valence-corrected chi connectivity index (χ4v) is 12.0. The zero-order valence-electron chi connectivity index (χ0n) is 22.5. The van der Waals surface area contributed by atoms with Crippen molar-refractivity contribution in [1.29, 1.82) is 0 Å². The van der Waals surface area contributed by atoms with Crippen LogP contribution < -0.4 is 0 Å². The van der Waals surface area contributed by atoms with Crippen molar-refractivity contribution in [1.82, 2.24) is 0 Å². The fraction of sp³-hybridized carbons (Fsp3) is 0.967. The topological polar surface area (TPSA) is 66.8 Å². The summed E-state index contributed by atoms with van der Waals surface area (Å²) >= 11 is 0. The molecule has 1 spiro atoms. The molecule has 4 nitrogen and oxygen atoms in total. The second-order valence-electron chi connectivity index (χ2n) is 15.0. The number of fused-ring (bicyclic) bond motifs is 4. The van der Waals surface area contributed by atoms with E-state index in [-0.39, 0.29) is 40.1 Å². The van der Waals surface area contributed by atoms with E-state index in [0.717, 1.165) is 38.7 Å². The molecule has 1 aliphatic heterocycles. The van der Waals surface area contributed by atoms with Gasteiger partial charge in [-0.1, -0.05) is 41.5 Å². The van der Waals surface area contributed by atoms with E-state index in [1.54, 1.807) is 0 Å². The van der Waals surface area contributed by atoms with Gasteiger partial charge in [0.2, 0.25) is 0 Å². The largest absolute Gasteiger partial charge is 0.396 e. The Labute approximate surface area is 206 Å².